The van der Waals surface area contributed by atoms with Crippen LogP contribution < -0.4 is 10.1 Å². The molecule has 1 amide bonds. The number of nitrogens with one attached hydrogen (secondary N) is 1. The Bertz CT molecular complexity index is 664. The van der Waals surface area contributed by atoms with Gasteiger partial charge in [-0.05, 0) is 18.2 Å². The standard InChI is InChI=1S/C12H8Cl3N3O2/c1-20-9-4-6(2-3-8(9)13)16-12(19)7-5-10(14)17-18-11(7)15/h2-5H,1H3,(H,16,19). The highest BCUT2D eigenvalue weighted by molar-refractivity contribution is 6.34. The van der Waals surface area contributed by atoms with Crippen molar-refractivity contribution in [1.82, 2.24) is 10.2 Å². The Morgan fingerprint density at radius 1 is 1.20 bits per heavy atom. The first-order valence-corrected chi connectivity index (χ1v) is 6.48. The van der Waals surface area contributed by atoms with Gasteiger partial charge in [0.05, 0.1) is 17.7 Å². The first-order valence-electron chi connectivity index (χ1n) is 5.35. The number of hydrogen-bond donors (Lipinski definition) is 1. The molecule has 5 nitrogen and oxygen atoms in total. The van der Waals surface area contributed by atoms with Gasteiger partial charge in [0.1, 0.15) is 5.75 Å². The molecular formula is C12H8Cl3N3O2. The molecular weight excluding hydrogens is 325 g/mol. The summed E-state index contributed by atoms with van der Waals surface area (Å²) in [6, 6.07) is 6.16. The summed E-state index contributed by atoms with van der Waals surface area (Å²) >= 11 is 17.4. The van der Waals surface area contributed by atoms with Gasteiger partial charge in [-0.15, -0.1) is 10.2 Å². The summed E-state index contributed by atoms with van der Waals surface area (Å²) in [4.78, 5) is 12.1. The van der Waals surface area contributed by atoms with Crippen LogP contribution in [0, 0.1) is 0 Å². The van der Waals surface area contributed by atoms with E-state index in [0.29, 0.717) is 16.5 Å². The summed E-state index contributed by atoms with van der Waals surface area (Å²) < 4.78 is 5.06. The molecule has 1 aromatic carbocycles. The van der Waals surface area contributed by atoms with E-state index in [1.165, 1.54) is 13.2 Å². The van der Waals surface area contributed by atoms with Crippen LogP contribution in [0.2, 0.25) is 15.3 Å². The highest BCUT2D eigenvalue weighted by Gasteiger charge is 2.14. The zero-order chi connectivity index (χ0) is 14.7. The van der Waals surface area contributed by atoms with Gasteiger partial charge in [-0.25, -0.2) is 0 Å². The fraction of sp³-hybridized carbons (Fsp3) is 0.0833. The number of halogens is 3. The molecule has 0 saturated carbocycles. The summed E-state index contributed by atoms with van der Waals surface area (Å²) in [5.74, 6) is -0.0161. The van der Waals surface area contributed by atoms with Crippen LogP contribution in [0.3, 0.4) is 0 Å². The molecule has 0 atom stereocenters. The predicted octanol–water partition coefficient (Wildman–Crippen LogP) is 3.70. The van der Waals surface area contributed by atoms with E-state index in [4.69, 9.17) is 39.5 Å². The summed E-state index contributed by atoms with van der Waals surface area (Å²) in [7, 11) is 1.48. The molecule has 2 rings (SSSR count). The largest absolute Gasteiger partial charge is 0.495 e. The van der Waals surface area contributed by atoms with Crippen molar-refractivity contribution in [3.63, 3.8) is 0 Å². The van der Waals surface area contributed by atoms with E-state index in [2.05, 4.69) is 15.5 Å². The molecule has 0 aliphatic rings. The summed E-state index contributed by atoms with van der Waals surface area (Å²) in [6.45, 7) is 0. The molecule has 104 valence electrons. The maximum absolute atomic E-state index is 12.1. The van der Waals surface area contributed by atoms with Crippen LogP contribution in [0.25, 0.3) is 0 Å². The first-order chi connectivity index (χ1) is 9.51. The van der Waals surface area contributed by atoms with Crippen LogP contribution in [-0.2, 0) is 0 Å². The minimum atomic E-state index is -0.462. The number of carbonyl (C=O) groups excluding carboxylic acids is 1. The number of nitrogens with zero attached hydrogens (tertiary/aromatic N) is 2. The van der Waals surface area contributed by atoms with Crippen LogP contribution >= 0.6 is 34.8 Å². The van der Waals surface area contributed by atoms with Gasteiger partial charge in [0.25, 0.3) is 5.91 Å². The number of aromatic nitrogens is 2. The Labute approximate surface area is 129 Å². The number of benzene rings is 1. The number of anilines is 1. The van der Waals surface area contributed by atoms with Gasteiger partial charge in [0.15, 0.2) is 10.3 Å². The number of ether oxygens (including phenoxy) is 1. The van der Waals surface area contributed by atoms with Crippen LogP contribution in [0.5, 0.6) is 5.75 Å². The van der Waals surface area contributed by atoms with Crippen molar-refractivity contribution in [2.24, 2.45) is 0 Å². The van der Waals surface area contributed by atoms with Crippen molar-refractivity contribution < 1.29 is 9.53 Å². The molecule has 0 spiro atoms. The lowest BCUT2D eigenvalue weighted by Crippen LogP contribution is -2.13. The SMILES string of the molecule is COc1cc(NC(=O)c2cc(Cl)nnc2Cl)ccc1Cl. The van der Waals surface area contributed by atoms with Crippen molar-refractivity contribution >= 4 is 46.4 Å². The lowest BCUT2D eigenvalue weighted by molar-refractivity contribution is 0.102. The molecule has 0 aliphatic heterocycles. The second kappa shape index (κ2) is 6.26. The van der Waals surface area contributed by atoms with Gasteiger partial charge >= 0.3 is 0 Å². The van der Waals surface area contributed by atoms with E-state index < -0.39 is 5.91 Å². The first kappa shape index (κ1) is 14.8. The predicted molar refractivity (Wildman–Crippen MR) is 78.0 cm³/mol. The molecule has 0 aliphatic carbocycles. The third-order valence-corrected chi connectivity index (χ3v) is 3.15. The van der Waals surface area contributed by atoms with Crippen molar-refractivity contribution in [1.29, 1.82) is 0 Å². The fourth-order valence-electron chi connectivity index (χ4n) is 1.45. The van der Waals surface area contributed by atoms with E-state index in [1.54, 1.807) is 18.2 Å². The third-order valence-electron chi connectivity index (χ3n) is 2.37. The van der Waals surface area contributed by atoms with E-state index in [-0.39, 0.29) is 15.9 Å². The summed E-state index contributed by atoms with van der Waals surface area (Å²) in [6.07, 6.45) is 0. The zero-order valence-electron chi connectivity index (χ0n) is 10.2. The second-order valence-electron chi connectivity index (χ2n) is 3.67. The van der Waals surface area contributed by atoms with E-state index in [0.717, 1.165) is 0 Å². The van der Waals surface area contributed by atoms with Gasteiger partial charge < -0.3 is 10.1 Å². The van der Waals surface area contributed by atoms with Gasteiger partial charge in [-0.2, -0.15) is 0 Å². The van der Waals surface area contributed by atoms with Crippen LogP contribution in [0.15, 0.2) is 24.3 Å². The Balaban J connectivity index is 2.25. The fourth-order valence-corrected chi connectivity index (χ4v) is 1.97. The molecule has 0 fully saturated rings. The molecule has 1 heterocycles. The molecule has 1 aromatic heterocycles. The summed E-state index contributed by atoms with van der Waals surface area (Å²) in [5.41, 5.74) is 0.626. The topological polar surface area (TPSA) is 64.1 Å². The highest BCUT2D eigenvalue weighted by Crippen LogP contribution is 2.28. The Hall–Kier alpha value is -1.56. The van der Waals surface area contributed by atoms with Gasteiger partial charge in [0.2, 0.25) is 0 Å². The lowest BCUT2D eigenvalue weighted by Gasteiger charge is -2.09. The number of amides is 1. The Morgan fingerprint density at radius 3 is 2.65 bits per heavy atom. The molecule has 0 radical (unpaired) electrons. The minimum absolute atomic E-state index is 0.0344. The monoisotopic (exact) mass is 331 g/mol. The minimum Gasteiger partial charge on any atom is -0.495 e. The van der Waals surface area contributed by atoms with Crippen LogP contribution in [0.4, 0.5) is 5.69 Å². The third kappa shape index (κ3) is 3.30. The molecule has 8 heteroatoms. The van der Waals surface area contributed by atoms with Crippen molar-refractivity contribution in [2.75, 3.05) is 12.4 Å². The van der Waals surface area contributed by atoms with Gasteiger partial charge in [0, 0.05) is 11.8 Å². The van der Waals surface area contributed by atoms with E-state index >= 15 is 0 Å². The Kier molecular flexibility index (Phi) is 4.65. The number of hydrogen-bond acceptors (Lipinski definition) is 4. The second-order valence-corrected chi connectivity index (χ2v) is 4.83. The van der Waals surface area contributed by atoms with E-state index in [9.17, 15) is 4.79 Å². The smallest absolute Gasteiger partial charge is 0.258 e. The van der Waals surface area contributed by atoms with Crippen LogP contribution in [0.1, 0.15) is 10.4 Å². The molecule has 2 aromatic rings. The average molecular weight is 333 g/mol. The highest BCUT2D eigenvalue weighted by atomic mass is 35.5. The van der Waals surface area contributed by atoms with E-state index in [1.807, 2.05) is 0 Å². The molecule has 20 heavy (non-hydrogen) atoms. The van der Waals surface area contributed by atoms with Gasteiger partial charge in [-0.3, -0.25) is 4.79 Å². The zero-order valence-corrected chi connectivity index (χ0v) is 12.4. The Morgan fingerprint density at radius 2 is 1.95 bits per heavy atom. The average Bonchev–Trinajstić information content (AvgIpc) is 2.43. The number of rotatable bonds is 3. The quantitative estimate of drug-likeness (QED) is 0.931. The van der Waals surface area contributed by atoms with Gasteiger partial charge in [-0.1, -0.05) is 34.8 Å². The van der Waals surface area contributed by atoms with Crippen LogP contribution in [-0.4, -0.2) is 23.2 Å². The lowest BCUT2D eigenvalue weighted by atomic mass is 10.2. The van der Waals surface area contributed by atoms with Crippen molar-refractivity contribution in [3.05, 3.63) is 45.2 Å². The number of methoxy groups -OCH3 is 1. The molecule has 0 bridgehead atoms. The molecule has 0 unspecified atom stereocenters. The normalized spacial score (nSPS) is 10.2. The number of carbonyl (C=O) groups is 1. The summed E-state index contributed by atoms with van der Waals surface area (Å²) in [5, 5.41) is 10.2. The molecule has 1 N–H and O–H groups in total. The maximum atomic E-state index is 12.1. The molecule has 0 saturated heterocycles. The maximum Gasteiger partial charge on any atom is 0.258 e. The van der Waals surface area contributed by atoms with Crippen molar-refractivity contribution in [3.8, 4) is 5.75 Å². The van der Waals surface area contributed by atoms with Crippen molar-refractivity contribution in [2.45, 2.75) is 0 Å².